The fraction of sp³-hybridized carbons (Fsp3) is 0.222. The van der Waals surface area contributed by atoms with Gasteiger partial charge in [-0.25, -0.2) is 0 Å². The number of hydrogen-bond donors (Lipinski definition) is 1. The molecule has 7 heteroatoms. The molecule has 2 rings (SSSR count). The maximum absolute atomic E-state index is 12.7. The highest BCUT2D eigenvalue weighted by atomic mass is 32.3. The summed E-state index contributed by atoms with van der Waals surface area (Å²) in [7, 11) is -4.73. The highest BCUT2D eigenvalue weighted by molar-refractivity contribution is 7.99. The quantitative estimate of drug-likeness (QED) is 0.783. The Kier molecular flexibility index (Phi) is 2.90. The number of halogens is 1. The number of carbonyl (C=O) groups excluding carboxylic acids is 1. The lowest BCUT2D eigenvalue weighted by Crippen LogP contribution is -2.10. The van der Waals surface area contributed by atoms with E-state index in [-0.39, 0.29) is 5.91 Å². The molecule has 1 aromatic carbocycles. The summed E-state index contributed by atoms with van der Waals surface area (Å²) in [6, 6.07) is 3.83. The summed E-state index contributed by atoms with van der Waals surface area (Å²) >= 11 is 1.43. The van der Waals surface area contributed by atoms with Gasteiger partial charge in [-0.05, 0) is 18.2 Å². The number of amides is 1. The van der Waals surface area contributed by atoms with Gasteiger partial charge in [-0.2, -0.15) is 8.42 Å². The van der Waals surface area contributed by atoms with Crippen LogP contribution in [0.3, 0.4) is 0 Å². The number of fused-ring (bicyclic) bond motifs is 1. The molecule has 0 unspecified atom stereocenters. The molecule has 0 bridgehead atoms. The van der Waals surface area contributed by atoms with Crippen LogP contribution in [0.5, 0.6) is 0 Å². The van der Waals surface area contributed by atoms with Crippen LogP contribution in [0.15, 0.2) is 28.0 Å². The molecule has 1 aliphatic rings. The third-order valence-corrected chi connectivity index (χ3v) is 3.99. The van der Waals surface area contributed by atoms with E-state index in [1.807, 2.05) is 0 Å². The Morgan fingerprint density at radius 2 is 2.12 bits per heavy atom. The van der Waals surface area contributed by atoms with Crippen molar-refractivity contribution in [2.24, 2.45) is 0 Å². The number of thioether (sulfide) groups is 1. The minimum absolute atomic E-state index is 0.195. The van der Waals surface area contributed by atoms with Crippen molar-refractivity contribution in [1.29, 1.82) is 0 Å². The Balaban J connectivity index is 2.49. The molecule has 0 atom stereocenters. The first-order chi connectivity index (χ1) is 7.47. The van der Waals surface area contributed by atoms with Crippen LogP contribution in [0.1, 0.15) is 6.42 Å². The summed E-state index contributed by atoms with van der Waals surface area (Å²) in [6.45, 7) is 0. The van der Waals surface area contributed by atoms with Crippen molar-refractivity contribution in [1.82, 2.24) is 0 Å². The Bertz CT molecular complexity index is 542. The van der Waals surface area contributed by atoms with Crippen LogP contribution in [0, 0.1) is 0 Å². The molecular formula is C9H8FNO3S2. The van der Waals surface area contributed by atoms with Crippen molar-refractivity contribution in [3.8, 4) is 0 Å². The second kappa shape index (κ2) is 4.06. The summed E-state index contributed by atoms with van der Waals surface area (Å²) in [4.78, 5) is 11.6. The zero-order valence-corrected chi connectivity index (χ0v) is 9.70. The number of hydrogen-bond acceptors (Lipinski definition) is 4. The molecule has 1 heterocycles. The first-order valence-electron chi connectivity index (χ1n) is 4.48. The average Bonchev–Trinajstić information content (AvgIpc) is 2.35. The first kappa shape index (κ1) is 11.4. The van der Waals surface area contributed by atoms with E-state index in [0.29, 0.717) is 17.9 Å². The van der Waals surface area contributed by atoms with E-state index in [2.05, 4.69) is 5.32 Å². The minimum Gasteiger partial charge on any atom is -0.325 e. The largest absolute Gasteiger partial charge is 0.332 e. The SMILES string of the molecule is O=C1CCSc2ccc(S(=O)(=O)F)cc2N1. The van der Waals surface area contributed by atoms with Gasteiger partial charge in [-0.15, -0.1) is 15.6 Å². The molecule has 0 spiro atoms. The van der Waals surface area contributed by atoms with E-state index >= 15 is 0 Å². The molecular weight excluding hydrogens is 253 g/mol. The normalized spacial score (nSPS) is 16.2. The maximum Gasteiger partial charge on any atom is 0.332 e. The van der Waals surface area contributed by atoms with Gasteiger partial charge < -0.3 is 5.32 Å². The van der Waals surface area contributed by atoms with Crippen molar-refractivity contribution >= 4 is 33.6 Å². The van der Waals surface area contributed by atoms with E-state index < -0.39 is 15.1 Å². The highest BCUT2D eigenvalue weighted by Crippen LogP contribution is 2.32. The van der Waals surface area contributed by atoms with Gasteiger partial charge in [0.2, 0.25) is 5.91 Å². The second-order valence-corrected chi connectivity index (χ2v) is 5.73. The van der Waals surface area contributed by atoms with Crippen molar-refractivity contribution < 1.29 is 17.1 Å². The zero-order valence-electron chi connectivity index (χ0n) is 8.07. The maximum atomic E-state index is 12.7. The number of benzene rings is 1. The first-order valence-corrected chi connectivity index (χ1v) is 6.85. The monoisotopic (exact) mass is 261 g/mol. The van der Waals surface area contributed by atoms with Crippen LogP contribution in [0.2, 0.25) is 0 Å². The summed E-state index contributed by atoms with van der Waals surface area (Å²) in [5.74, 6) is 0.431. The highest BCUT2D eigenvalue weighted by Gasteiger charge is 2.18. The zero-order chi connectivity index (χ0) is 11.8. The lowest BCUT2D eigenvalue weighted by molar-refractivity contribution is -0.115. The van der Waals surface area contributed by atoms with Crippen LogP contribution in [0.4, 0.5) is 9.57 Å². The molecule has 86 valence electrons. The smallest absolute Gasteiger partial charge is 0.325 e. The summed E-state index contributed by atoms with van der Waals surface area (Å²) in [5, 5.41) is 2.54. The molecule has 0 saturated heterocycles. The predicted octanol–water partition coefficient (Wildman–Crippen LogP) is 1.78. The molecule has 0 saturated carbocycles. The van der Waals surface area contributed by atoms with Crippen LogP contribution in [0.25, 0.3) is 0 Å². The standard InChI is InChI=1S/C9H8FNO3S2/c10-16(13,14)6-1-2-8-7(5-6)11-9(12)3-4-15-8/h1-2,5H,3-4H2,(H,11,12). The van der Waals surface area contributed by atoms with Gasteiger partial charge in [0.25, 0.3) is 0 Å². The van der Waals surface area contributed by atoms with Crippen LogP contribution < -0.4 is 5.32 Å². The fourth-order valence-corrected chi connectivity index (χ4v) is 2.78. The van der Waals surface area contributed by atoms with E-state index in [0.717, 1.165) is 11.0 Å². The van der Waals surface area contributed by atoms with E-state index in [4.69, 9.17) is 0 Å². The number of anilines is 1. The third-order valence-electron chi connectivity index (χ3n) is 2.09. The summed E-state index contributed by atoms with van der Waals surface area (Å²) in [5.41, 5.74) is 0.353. The van der Waals surface area contributed by atoms with Crippen LogP contribution in [-0.2, 0) is 15.0 Å². The molecule has 1 N–H and O–H groups in total. The average molecular weight is 261 g/mol. The molecule has 0 aromatic heterocycles. The molecule has 16 heavy (non-hydrogen) atoms. The van der Waals surface area contributed by atoms with Gasteiger partial charge in [0.05, 0.1) is 5.69 Å². The Morgan fingerprint density at radius 3 is 2.81 bits per heavy atom. The van der Waals surface area contributed by atoms with E-state index in [1.54, 1.807) is 0 Å². The molecule has 0 aliphatic carbocycles. The second-order valence-electron chi connectivity index (χ2n) is 3.24. The topological polar surface area (TPSA) is 63.2 Å². The Labute approximate surface area is 96.4 Å². The van der Waals surface area contributed by atoms with Gasteiger partial charge in [-0.3, -0.25) is 4.79 Å². The molecule has 1 aromatic rings. The molecule has 0 fully saturated rings. The number of nitrogens with one attached hydrogen (secondary N) is 1. The molecule has 1 amide bonds. The van der Waals surface area contributed by atoms with Crippen molar-refractivity contribution in [2.45, 2.75) is 16.2 Å². The molecule has 1 aliphatic heterocycles. The number of rotatable bonds is 1. The van der Waals surface area contributed by atoms with Crippen LogP contribution >= 0.6 is 11.8 Å². The van der Waals surface area contributed by atoms with Gasteiger partial charge in [0.1, 0.15) is 4.90 Å². The minimum atomic E-state index is -4.73. The number of carbonyl (C=O) groups is 1. The molecule has 4 nitrogen and oxygen atoms in total. The van der Waals surface area contributed by atoms with Crippen molar-refractivity contribution in [2.75, 3.05) is 11.1 Å². The predicted molar refractivity (Wildman–Crippen MR) is 58.7 cm³/mol. The van der Waals surface area contributed by atoms with Gasteiger partial charge in [0.15, 0.2) is 0 Å². The summed E-state index contributed by atoms with van der Waals surface area (Å²) < 4.78 is 34.1. The van der Waals surface area contributed by atoms with Gasteiger partial charge in [-0.1, -0.05) is 0 Å². The van der Waals surface area contributed by atoms with Crippen molar-refractivity contribution in [3.05, 3.63) is 18.2 Å². The van der Waals surface area contributed by atoms with E-state index in [1.165, 1.54) is 23.9 Å². The summed E-state index contributed by atoms with van der Waals surface area (Å²) in [6.07, 6.45) is 0.358. The Morgan fingerprint density at radius 1 is 1.38 bits per heavy atom. The van der Waals surface area contributed by atoms with Crippen molar-refractivity contribution in [3.63, 3.8) is 0 Å². The third kappa shape index (κ3) is 2.35. The lowest BCUT2D eigenvalue weighted by atomic mass is 10.3. The van der Waals surface area contributed by atoms with Gasteiger partial charge in [0, 0.05) is 17.1 Å². The van der Waals surface area contributed by atoms with E-state index in [9.17, 15) is 17.1 Å². The lowest BCUT2D eigenvalue weighted by Gasteiger charge is -2.06. The van der Waals surface area contributed by atoms with Gasteiger partial charge >= 0.3 is 10.2 Å². The fourth-order valence-electron chi connectivity index (χ4n) is 1.35. The Hall–Kier alpha value is -1.08. The molecule has 0 radical (unpaired) electrons. The van der Waals surface area contributed by atoms with Crippen LogP contribution in [-0.4, -0.2) is 20.1 Å².